The Morgan fingerprint density at radius 3 is 2.30 bits per heavy atom. The maximum atomic E-state index is 12.4. The summed E-state index contributed by atoms with van der Waals surface area (Å²) in [7, 11) is 4.06. The molecule has 5 nitrogen and oxygen atoms in total. The molecule has 0 bridgehead atoms. The first-order valence-corrected chi connectivity index (χ1v) is 8.11. The zero-order valence-electron chi connectivity index (χ0n) is 15.2. The molecule has 0 aromatic heterocycles. The lowest BCUT2D eigenvalue weighted by Crippen LogP contribution is -2.39. The van der Waals surface area contributed by atoms with Crippen molar-refractivity contribution in [1.29, 1.82) is 0 Å². The number of nitrogens with zero attached hydrogens (tertiary/aromatic N) is 1. The highest BCUT2D eigenvalue weighted by Crippen LogP contribution is 2.28. The van der Waals surface area contributed by atoms with E-state index in [0.717, 1.165) is 6.54 Å². The molecule has 0 atom stereocenters. The zero-order chi connectivity index (χ0) is 17.5. The summed E-state index contributed by atoms with van der Waals surface area (Å²) in [6.07, 6.45) is 0. The molecule has 0 aliphatic carbocycles. The van der Waals surface area contributed by atoms with E-state index < -0.39 is 0 Å². The average Bonchev–Trinajstić information content (AvgIpc) is 2.46. The molecule has 0 saturated carbocycles. The van der Waals surface area contributed by atoms with Crippen molar-refractivity contribution in [3.05, 3.63) is 23.8 Å². The van der Waals surface area contributed by atoms with Gasteiger partial charge in [0.05, 0.1) is 13.2 Å². The maximum absolute atomic E-state index is 12.4. The molecule has 1 aromatic carbocycles. The highest BCUT2D eigenvalue weighted by molar-refractivity contribution is 5.94. The van der Waals surface area contributed by atoms with Crippen LogP contribution in [0.2, 0.25) is 0 Å². The summed E-state index contributed by atoms with van der Waals surface area (Å²) >= 11 is 0. The van der Waals surface area contributed by atoms with Gasteiger partial charge < -0.3 is 19.7 Å². The molecule has 5 heteroatoms. The molecular weight excluding hydrogens is 292 g/mol. The summed E-state index contributed by atoms with van der Waals surface area (Å²) in [5.74, 6) is 1.18. The minimum Gasteiger partial charge on any atom is -0.490 e. The number of amides is 1. The number of nitrogens with one attached hydrogen (secondary N) is 1. The predicted octanol–water partition coefficient (Wildman–Crippen LogP) is 2.80. The van der Waals surface area contributed by atoms with Gasteiger partial charge in [-0.3, -0.25) is 4.79 Å². The molecule has 0 spiro atoms. The van der Waals surface area contributed by atoms with Gasteiger partial charge in [-0.15, -0.1) is 0 Å². The first-order chi connectivity index (χ1) is 10.8. The Morgan fingerprint density at radius 1 is 1.13 bits per heavy atom. The second-order valence-corrected chi connectivity index (χ2v) is 6.61. The minimum absolute atomic E-state index is 0.00711. The fourth-order valence-corrected chi connectivity index (χ4v) is 2.53. The first kappa shape index (κ1) is 19.3. The smallest absolute Gasteiger partial charge is 0.251 e. The van der Waals surface area contributed by atoms with Crippen molar-refractivity contribution < 1.29 is 14.3 Å². The molecule has 0 heterocycles. The molecule has 0 radical (unpaired) electrons. The Balaban J connectivity index is 2.77. The van der Waals surface area contributed by atoms with E-state index in [1.54, 1.807) is 18.2 Å². The molecule has 1 aromatic rings. The number of benzene rings is 1. The second kappa shape index (κ2) is 8.77. The van der Waals surface area contributed by atoms with Gasteiger partial charge in [0.1, 0.15) is 0 Å². The highest BCUT2D eigenvalue weighted by atomic mass is 16.5. The normalized spacial score (nSPS) is 11.4. The summed E-state index contributed by atoms with van der Waals surface area (Å²) in [6, 6.07) is 5.29. The van der Waals surface area contributed by atoms with E-state index >= 15 is 0 Å². The number of hydrogen-bond acceptors (Lipinski definition) is 4. The van der Waals surface area contributed by atoms with Crippen molar-refractivity contribution in [2.75, 3.05) is 40.4 Å². The van der Waals surface area contributed by atoms with Gasteiger partial charge in [-0.1, -0.05) is 13.8 Å². The lowest BCUT2D eigenvalue weighted by molar-refractivity contribution is 0.0928. The maximum Gasteiger partial charge on any atom is 0.251 e. The molecule has 0 aliphatic heterocycles. The monoisotopic (exact) mass is 322 g/mol. The van der Waals surface area contributed by atoms with Gasteiger partial charge in [0.2, 0.25) is 0 Å². The lowest BCUT2D eigenvalue weighted by Gasteiger charge is -2.28. The number of carbonyl (C=O) groups excluding carboxylic acids is 1. The highest BCUT2D eigenvalue weighted by Gasteiger charge is 2.20. The molecule has 1 N–H and O–H groups in total. The van der Waals surface area contributed by atoms with Crippen LogP contribution in [-0.2, 0) is 0 Å². The van der Waals surface area contributed by atoms with Gasteiger partial charge in [-0.2, -0.15) is 0 Å². The van der Waals surface area contributed by atoms with Crippen LogP contribution >= 0.6 is 0 Å². The van der Waals surface area contributed by atoms with Crippen molar-refractivity contribution in [3.63, 3.8) is 0 Å². The van der Waals surface area contributed by atoms with Crippen LogP contribution in [0.5, 0.6) is 11.5 Å². The second-order valence-electron chi connectivity index (χ2n) is 6.61. The van der Waals surface area contributed by atoms with E-state index in [1.807, 2.05) is 27.9 Å². The number of hydrogen-bond donors (Lipinski definition) is 1. The topological polar surface area (TPSA) is 50.8 Å². The van der Waals surface area contributed by atoms with Crippen molar-refractivity contribution in [2.45, 2.75) is 27.7 Å². The summed E-state index contributed by atoms with van der Waals surface area (Å²) in [6.45, 7) is 10.7. The van der Waals surface area contributed by atoms with E-state index in [0.29, 0.717) is 36.8 Å². The molecule has 1 rings (SSSR count). The predicted molar refractivity (Wildman–Crippen MR) is 93.4 cm³/mol. The van der Waals surface area contributed by atoms with Crippen LogP contribution in [-0.4, -0.2) is 51.2 Å². The van der Waals surface area contributed by atoms with Crippen LogP contribution in [0, 0.1) is 5.41 Å². The SMILES string of the molecule is CCOc1ccc(C(=O)NCC(C)(C)CN(C)C)cc1OCC. The molecule has 23 heavy (non-hydrogen) atoms. The number of ether oxygens (including phenoxy) is 2. The standard InChI is InChI=1S/C18H30N2O3/c1-7-22-15-10-9-14(11-16(15)23-8-2)17(21)19-12-18(3,4)13-20(5)6/h9-11H,7-8,12-13H2,1-6H3,(H,19,21). The van der Waals surface area contributed by atoms with Crippen molar-refractivity contribution in [1.82, 2.24) is 10.2 Å². The van der Waals surface area contributed by atoms with Crippen LogP contribution < -0.4 is 14.8 Å². The fourth-order valence-electron chi connectivity index (χ4n) is 2.53. The Hall–Kier alpha value is -1.75. The number of carbonyl (C=O) groups is 1. The number of rotatable bonds is 9. The van der Waals surface area contributed by atoms with Gasteiger partial charge in [-0.25, -0.2) is 0 Å². The summed E-state index contributed by atoms with van der Waals surface area (Å²) < 4.78 is 11.1. The van der Waals surface area contributed by atoms with E-state index in [9.17, 15) is 4.79 Å². The molecule has 130 valence electrons. The van der Waals surface area contributed by atoms with Crippen LogP contribution in [0.4, 0.5) is 0 Å². The van der Waals surface area contributed by atoms with Gasteiger partial charge >= 0.3 is 0 Å². The zero-order valence-corrected chi connectivity index (χ0v) is 15.2. The van der Waals surface area contributed by atoms with E-state index in [-0.39, 0.29) is 11.3 Å². The third-order valence-corrected chi connectivity index (χ3v) is 3.28. The Labute approximate surface area is 140 Å². The third-order valence-electron chi connectivity index (χ3n) is 3.28. The van der Waals surface area contributed by atoms with Crippen molar-refractivity contribution >= 4 is 5.91 Å². The first-order valence-electron chi connectivity index (χ1n) is 8.11. The van der Waals surface area contributed by atoms with Crippen LogP contribution in [0.3, 0.4) is 0 Å². The molecular formula is C18H30N2O3. The fraction of sp³-hybridized carbons (Fsp3) is 0.611. The molecule has 0 unspecified atom stereocenters. The van der Waals surface area contributed by atoms with Gasteiger partial charge in [0.15, 0.2) is 11.5 Å². The van der Waals surface area contributed by atoms with E-state index in [2.05, 4.69) is 24.1 Å². The van der Waals surface area contributed by atoms with Crippen LogP contribution in [0.1, 0.15) is 38.1 Å². The quantitative estimate of drug-likeness (QED) is 0.759. The summed E-state index contributed by atoms with van der Waals surface area (Å²) in [4.78, 5) is 14.5. The average molecular weight is 322 g/mol. The van der Waals surface area contributed by atoms with Gasteiger partial charge in [0.25, 0.3) is 5.91 Å². The summed E-state index contributed by atoms with van der Waals surface area (Å²) in [5.41, 5.74) is 0.588. The third kappa shape index (κ3) is 6.48. The van der Waals surface area contributed by atoms with Gasteiger partial charge in [-0.05, 0) is 51.6 Å². The lowest BCUT2D eigenvalue weighted by atomic mass is 9.93. The largest absolute Gasteiger partial charge is 0.490 e. The summed E-state index contributed by atoms with van der Waals surface area (Å²) in [5, 5.41) is 3.00. The Kier molecular flexibility index (Phi) is 7.36. The molecule has 0 aliphatic rings. The van der Waals surface area contributed by atoms with Crippen molar-refractivity contribution in [2.24, 2.45) is 5.41 Å². The van der Waals surface area contributed by atoms with E-state index in [1.165, 1.54) is 0 Å². The van der Waals surface area contributed by atoms with E-state index in [4.69, 9.17) is 9.47 Å². The van der Waals surface area contributed by atoms with Crippen LogP contribution in [0.25, 0.3) is 0 Å². The van der Waals surface area contributed by atoms with Crippen molar-refractivity contribution in [3.8, 4) is 11.5 Å². The molecule has 0 saturated heterocycles. The van der Waals surface area contributed by atoms with Crippen LogP contribution in [0.15, 0.2) is 18.2 Å². The minimum atomic E-state index is -0.0965. The Morgan fingerprint density at radius 2 is 1.74 bits per heavy atom. The Bertz CT molecular complexity index is 513. The molecule has 1 amide bonds. The molecule has 0 fully saturated rings. The van der Waals surface area contributed by atoms with Gasteiger partial charge in [0, 0.05) is 18.7 Å².